The van der Waals surface area contributed by atoms with Gasteiger partial charge in [0.15, 0.2) is 0 Å². The molecule has 1 aromatic carbocycles. The van der Waals surface area contributed by atoms with Crippen LogP contribution in [-0.2, 0) is 0 Å². The van der Waals surface area contributed by atoms with Crippen LogP contribution in [0, 0.1) is 0 Å². The van der Waals surface area contributed by atoms with Crippen molar-refractivity contribution in [2.45, 2.75) is 20.0 Å². The van der Waals surface area contributed by atoms with Crippen molar-refractivity contribution >= 4 is 17.3 Å². The fourth-order valence-corrected chi connectivity index (χ4v) is 1.46. The molecule has 0 aliphatic carbocycles. The SMILES string of the molecule is CC(C)Oc1ccnc(Nc2cccc(N)c2)n1. The molecule has 0 aliphatic rings. The summed E-state index contributed by atoms with van der Waals surface area (Å²) < 4.78 is 5.50. The van der Waals surface area contributed by atoms with Crippen molar-refractivity contribution in [2.24, 2.45) is 0 Å². The summed E-state index contributed by atoms with van der Waals surface area (Å²) in [5.41, 5.74) is 7.24. The molecule has 3 N–H and O–H groups in total. The molecule has 0 spiro atoms. The van der Waals surface area contributed by atoms with Crippen molar-refractivity contribution in [3.05, 3.63) is 36.5 Å². The molecule has 0 aliphatic heterocycles. The third kappa shape index (κ3) is 3.35. The van der Waals surface area contributed by atoms with Crippen molar-refractivity contribution < 1.29 is 4.74 Å². The van der Waals surface area contributed by atoms with Gasteiger partial charge in [-0.05, 0) is 32.0 Å². The molecule has 18 heavy (non-hydrogen) atoms. The van der Waals surface area contributed by atoms with Gasteiger partial charge in [0.1, 0.15) is 0 Å². The van der Waals surface area contributed by atoms with Crippen LogP contribution in [0.5, 0.6) is 5.88 Å². The number of hydrogen-bond donors (Lipinski definition) is 2. The lowest BCUT2D eigenvalue weighted by Gasteiger charge is -2.10. The van der Waals surface area contributed by atoms with Gasteiger partial charge in [-0.1, -0.05) is 6.07 Å². The first-order chi connectivity index (χ1) is 8.63. The fourth-order valence-electron chi connectivity index (χ4n) is 1.46. The van der Waals surface area contributed by atoms with Gasteiger partial charge in [-0.15, -0.1) is 0 Å². The molecular weight excluding hydrogens is 228 g/mol. The lowest BCUT2D eigenvalue weighted by atomic mass is 10.3. The van der Waals surface area contributed by atoms with E-state index < -0.39 is 0 Å². The summed E-state index contributed by atoms with van der Waals surface area (Å²) in [7, 11) is 0. The normalized spacial score (nSPS) is 10.4. The van der Waals surface area contributed by atoms with E-state index >= 15 is 0 Å². The Kier molecular flexibility index (Phi) is 3.62. The second-order valence-electron chi connectivity index (χ2n) is 4.14. The Balaban J connectivity index is 2.14. The second kappa shape index (κ2) is 5.35. The molecule has 0 unspecified atom stereocenters. The maximum absolute atomic E-state index is 5.70. The van der Waals surface area contributed by atoms with E-state index in [2.05, 4.69) is 15.3 Å². The third-order valence-electron chi connectivity index (χ3n) is 2.13. The van der Waals surface area contributed by atoms with Gasteiger partial charge in [-0.25, -0.2) is 4.98 Å². The van der Waals surface area contributed by atoms with E-state index in [4.69, 9.17) is 10.5 Å². The molecule has 2 aromatic rings. The van der Waals surface area contributed by atoms with Crippen LogP contribution in [-0.4, -0.2) is 16.1 Å². The quantitative estimate of drug-likeness (QED) is 0.809. The van der Waals surface area contributed by atoms with Crippen LogP contribution in [0.25, 0.3) is 0 Å². The fraction of sp³-hybridized carbons (Fsp3) is 0.231. The smallest absolute Gasteiger partial charge is 0.230 e. The Labute approximate surface area is 106 Å². The zero-order chi connectivity index (χ0) is 13.0. The van der Waals surface area contributed by atoms with Crippen molar-refractivity contribution in [2.75, 3.05) is 11.1 Å². The first-order valence-electron chi connectivity index (χ1n) is 5.76. The minimum absolute atomic E-state index is 0.0834. The van der Waals surface area contributed by atoms with Gasteiger partial charge in [-0.2, -0.15) is 4.98 Å². The summed E-state index contributed by atoms with van der Waals surface area (Å²) in [6, 6.07) is 9.13. The lowest BCUT2D eigenvalue weighted by molar-refractivity contribution is 0.232. The molecule has 0 radical (unpaired) electrons. The number of hydrogen-bond acceptors (Lipinski definition) is 5. The number of nitrogens with two attached hydrogens (primary N) is 1. The Morgan fingerprint density at radius 1 is 1.28 bits per heavy atom. The molecule has 0 atom stereocenters. The number of anilines is 3. The van der Waals surface area contributed by atoms with E-state index in [0.29, 0.717) is 17.5 Å². The van der Waals surface area contributed by atoms with E-state index in [0.717, 1.165) is 5.69 Å². The molecule has 1 heterocycles. The van der Waals surface area contributed by atoms with E-state index in [1.165, 1.54) is 0 Å². The molecular formula is C13H16N4O. The molecule has 0 saturated carbocycles. The average molecular weight is 244 g/mol. The van der Waals surface area contributed by atoms with Gasteiger partial charge in [0.05, 0.1) is 6.10 Å². The highest BCUT2D eigenvalue weighted by molar-refractivity contribution is 5.59. The predicted molar refractivity (Wildman–Crippen MR) is 71.9 cm³/mol. The number of rotatable bonds is 4. The molecule has 1 aromatic heterocycles. The minimum atomic E-state index is 0.0834. The summed E-state index contributed by atoms with van der Waals surface area (Å²) in [6.07, 6.45) is 1.74. The standard InChI is InChI=1S/C13H16N4O/c1-9(2)18-12-6-7-15-13(17-12)16-11-5-3-4-10(14)8-11/h3-9H,14H2,1-2H3,(H,15,16,17). The summed E-state index contributed by atoms with van der Waals surface area (Å²) in [4.78, 5) is 8.38. The highest BCUT2D eigenvalue weighted by Crippen LogP contribution is 2.17. The summed E-state index contributed by atoms with van der Waals surface area (Å²) in [6.45, 7) is 3.90. The molecule has 0 fully saturated rings. The topological polar surface area (TPSA) is 73.1 Å². The van der Waals surface area contributed by atoms with Gasteiger partial charge in [0, 0.05) is 23.6 Å². The van der Waals surface area contributed by atoms with Crippen LogP contribution in [0.1, 0.15) is 13.8 Å². The Morgan fingerprint density at radius 2 is 2.11 bits per heavy atom. The van der Waals surface area contributed by atoms with Crippen LogP contribution in [0.3, 0.4) is 0 Å². The van der Waals surface area contributed by atoms with Crippen molar-refractivity contribution in [1.82, 2.24) is 9.97 Å². The molecule has 2 rings (SSSR count). The van der Waals surface area contributed by atoms with Gasteiger partial charge < -0.3 is 15.8 Å². The molecule has 0 amide bonds. The van der Waals surface area contributed by atoms with E-state index in [1.54, 1.807) is 12.3 Å². The maximum atomic E-state index is 5.70. The number of nitrogens with zero attached hydrogens (tertiary/aromatic N) is 2. The largest absolute Gasteiger partial charge is 0.475 e. The minimum Gasteiger partial charge on any atom is -0.475 e. The summed E-state index contributed by atoms with van der Waals surface area (Å²) >= 11 is 0. The highest BCUT2D eigenvalue weighted by Gasteiger charge is 2.02. The van der Waals surface area contributed by atoms with Crippen LogP contribution in [0.4, 0.5) is 17.3 Å². The van der Waals surface area contributed by atoms with Gasteiger partial charge in [0.25, 0.3) is 0 Å². The van der Waals surface area contributed by atoms with Crippen LogP contribution < -0.4 is 15.8 Å². The number of nitrogens with one attached hydrogen (secondary N) is 1. The zero-order valence-corrected chi connectivity index (χ0v) is 10.4. The van der Waals surface area contributed by atoms with E-state index in [9.17, 15) is 0 Å². The second-order valence-corrected chi connectivity index (χ2v) is 4.14. The van der Waals surface area contributed by atoms with E-state index in [1.807, 2.05) is 38.1 Å². The monoisotopic (exact) mass is 244 g/mol. The number of ether oxygens (including phenoxy) is 1. The first kappa shape index (κ1) is 12.2. The molecule has 0 saturated heterocycles. The van der Waals surface area contributed by atoms with Crippen LogP contribution >= 0.6 is 0 Å². The van der Waals surface area contributed by atoms with Crippen molar-refractivity contribution in [3.63, 3.8) is 0 Å². The third-order valence-corrected chi connectivity index (χ3v) is 2.13. The Hall–Kier alpha value is -2.30. The van der Waals surface area contributed by atoms with Crippen LogP contribution in [0.2, 0.25) is 0 Å². The predicted octanol–water partition coefficient (Wildman–Crippen LogP) is 2.59. The van der Waals surface area contributed by atoms with Crippen molar-refractivity contribution in [1.29, 1.82) is 0 Å². The van der Waals surface area contributed by atoms with Gasteiger partial charge in [-0.3, -0.25) is 0 Å². The number of benzene rings is 1. The summed E-state index contributed by atoms with van der Waals surface area (Å²) in [5, 5.41) is 3.08. The van der Waals surface area contributed by atoms with Crippen molar-refractivity contribution in [3.8, 4) is 5.88 Å². The molecule has 0 bridgehead atoms. The molecule has 5 nitrogen and oxygen atoms in total. The van der Waals surface area contributed by atoms with Crippen LogP contribution in [0.15, 0.2) is 36.5 Å². The first-order valence-corrected chi connectivity index (χ1v) is 5.76. The molecule has 5 heteroatoms. The average Bonchev–Trinajstić information content (AvgIpc) is 2.28. The van der Waals surface area contributed by atoms with Gasteiger partial charge in [0.2, 0.25) is 11.8 Å². The maximum Gasteiger partial charge on any atom is 0.230 e. The molecule has 94 valence electrons. The number of nitrogen functional groups attached to an aromatic ring is 1. The lowest BCUT2D eigenvalue weighted by Crippen LogP contribution is -2.08. The Morgan fingerprint density at radius 3 is 2.83 bits per heavy atom. The Bertz CT molecular complexity index is 528. The van der Waals surface area contributed by atoms with Gasteiger partial charge >= 0.3 is 0 Å². The van der Waals surface area contributed by atoms with E-state index in [-0.39, 0.29) is 6.10 Å². The zero-order valence-electron chi connectivity index (χ0n) is 10.4. The highest BCUT2D eigenvalue weighted by atomic mass is 16.5. The summed E-state index contributed by atoms with van der Waals surface area (Å²) in [5.74, 6) is 1.03. The number of aromatic nitrogens is 2.